The maximum atomic E-state index is 12.8. The molecule has 0 radical (unpaired) electrons. The van der Waals surface area contributed by atoms with Gasteiger partial charge in [-0.15, -0.1) is 0 Å². The van der Waals surface area contributed by atoms with Crippen LogP contribution in [0, 0.1) is 13.8 Å². The number of likely N-dealkylation sites (tertiary alicyclic amines) is 1. The molecule has 6 heteroatoms. The van der Waals surface area contributed by atoms with E-state index < -0.39 is 0 Å². The van der Waals surface area contributed by atoms with Crippen LogP contribution in [0.1, 0.15) is 42.7 Å². The average Bonchev–Trinajstić information content (AvgIpc) is 2.92. The highest BCUT2D eigenvalue weighted by atomic mass is 16.5. The number of nitrogens with zero attached hydrogens (tertiary/aromatic N) is 3. The van der Waals surface area contributed by atoms with Gasteiger partial charge in [0.1, 0.15) is 5.76 Å². The lowest BCUT2D eigenvalue weighted by Crippen LogP contribution is -2.51. The van der Waals surface area contributed by atoms with Gasteiger partial charge in [0.15, 0.2) is 0 Å². The molecule has 0 saturated carbocycles. The van der Waals surface area contributed by atoms with E-state index in [1.54, 1.807) is 0 Å². The van der Waals surface area contributed by atoms with E-state index in [1.165, 1.54) is 6.42 Å². The minimum Gasteiger partial charge on any atom is -0.379 e. The van der Waals surface area contributed by atoms with Crippen LogP contribution >= 0.6 is 0 Å². The van der Waals surface area contributed by atoms with Crippen molar-refractivity contribution in [3.05, 3.63) is 17.0 Å². The third-order valence-electron chi connectivity index (χ3n) is 5.29. The Hall–Kier alpha value is -1.40. The third kappa shape index (κ3) is 4.16. The first kappa shape index (κ1) is 17.4. The van der Waals surface area contributed by atoms with Crippen LogP contribution < -0.4 is 0 Å². The first-order valence-corrected chi connectivity index (χ1v) is 9.16. The Kier molecular flexibility index (Phi) is 5.89. The molecule has 6 nitrogen and oxygen atoms in total. The molecule has 1 aromatic rings. The van der Waals surface area contributed by atoms with E-state index in [-0.39, 0.29) is 5.91 Å². The van der Waals surface area contributed by atoms with E-state index in [9.17, 15) is 4.79 Å². The normalized spacial score (nSPS) is 22.8. The summed E-state index contributed by atoms with van der Waals surface area (Å²) in [5.41, 5.74) is 1.99. The Morgan fingerprint density at radius 2 is 2.00 bits per heavy atom. The van der Waals surface area contributed by atoms with E-state index in [1.807, 2.05) is 13.8 Å². The van der Waals surface area contributed by atoms with E-state index >= 15 is 0 Å². The van der Waals surface area contributed by atoms with Crippen molar-refractivity contribution in [2.75, 3.05) is 39.4 Å². The molecule has 3 heterocycles. The summed E-state index contributed by atoms with van der Waals surface area (Å²) < 4.78 is 10.6. The molecule has 0 spiro atoms. The van der Waals surface area contributed by atoms with Gasteiger partial charge >= 0.3 is 0 Å². The fourth-order valence-corrected chi connectivity index (χ4v) is 3.83. The fraction of sp³-hybridized carbons (Fsp3) is 0.778. The first-order chi connectivity index (χ1) is 11.6. The zero-order valence-corrected chi connectivity index (χ0v) is 14.9. The molecular formula is C18H29N3O3. The Balaban J connectivity index is 1.56. The standard InChI is InChI=1S/C18H29N3O3/c1-14-17(15(2)24-19-14)6-7-18(22)21-8-4-3-5-16(21)13-20-9-11-23-12-10-20/h16H,3-13H2,1-2H3. The summed E-state index contributed by atoms with van der Waals surface area (Å²) in [4.78, 5) is 17.4. The van der Waals surface area contributed by atoms with Gasteiger partial charge in [-0.25, -0.2) is 0 Å². The summed E-state index contributed by atoms with van der Waals surface area (Å²) in [6.07, 6.45) is 4.73. The molecule has 1 amide bonds. The molecule has 0 aromatic carbocycles. The van der Waals surface area contributed by atoms with Crippen LogP contribution in [-0.2, 0) is 16.0 Å². The van der Waals surface area contributed by atoms with Gasteiger partial charge in [0.25, 0.3) is 0 Å². The van der Waals surface area contributed by atoms with Crippen LogP contribution in [0.5, 0.6) is 0 Å². The second kappa shape index (κ2) is 8.12. The molecule has 1 aromatic heterocycles. The molecule has 1 unspecified atom stereocenters. The molecule has 2 aliphatic rings. The Morgan fingerprint density at radius 3 is 2.71 bits per heavy atom. The molecule has 1 atom stereocenters. The van der Waals surface area contributed by atoms with Crippen molar-refractivity contribution in [2.24, 2.45) is 0 Å². The maximum absolute atomic E-state index is 12.8. The van der Waals surface area contributed by atoms with Crippen LogP contribution in [0.15, 0.2) is 4.52 Å². The largest absolute Gasteiger partial charge is 0.379 e. The van der Waals surface area contributed by atoms with Crippen molar-refractivity contribution < 1.29 is 14.1 Å². The number of piperidine rings is 1. The van der Waals surface area contributed by atoms with Crippen molar-refractivity contribution in [2.45, 2.75) is 52.0 Å². The monoisotopic (exact) mass is 335 g/mol. The van der Waals surface area contributed by atoms with Gasteiger partial charge in [0.05, 0.1) is 18.9 Å². The van der Waals surface area contributed by atoms with Gasteiger partial charge in [-0.1, -0.05) is 5.16 Å². The van der Waals surface area contributed by atoms with Crippen molar-refractivity contribution in [3.63, 3.8) is 0 Å². The van der Waals surface area contributed by atoms with Gasteiger partial charge in [0.2, 0.25) is 5.91 Å². The number of hydrogen-bond acceptors (Lipinski definition) is 5. The van der Waals surface area contributed by atoms with Crippen LogP contribution in [0.25, 0.3) is 0 Å². The highest BCUT2D eigenvalue weighted by Gasteiger charge is 2.28. The number of carbonyl (C=O) groups is 1. The lowest BCUT2D eigenvalue weighted by atomic mass is 9.99. The lowest BCUT2D eigenvalue weighted by molar-refractivity contribution is -0.135. The molecule has 0 aliphatic carbocycles. The quantitative estimate of drug-likeness (QED) is 0.823. The molecule has 24 heavy (non-hydrogen) atoms. The Labute approximate surface area is 144 Å². The number of morpholine rings is 1. The van der Waals surface area contributed by atoms with Gasteiger partial charge in [-0.3, -0.25) is 9.69 Å². The number of rotatable bonds is 5. The van der Waals surface area contributed by atoms with Crippen molar-refractivity contribution in [1.82, 2.24) is 15.0 Å². The minimum absolute atomic E-state index is 0.271. The lowest BCUT2D eigenvalue weighted by Gasteiger charge is -2.39. The number of amides is 1. The minimum atomic E-state index is 0.271. The highest BCUT2D eigenvalue weighted by molar-refractivity contribution is 5.77. The van der Waals surface area contributed by atoms with Crippen molar-refractivity contribution >= 4 is 5.91 Å². The molecule has 3 rings (SSSR count). The predicted molar refractivity (Wildman–Crippen MR) is 90.9 cm³/mol. The maximum Gasteiger partial charge on any atom is 0.223 e. The average molecular weight is 335 g/mol. The van der Waals surface area contributed by atoms with Crippen molar-refractivity contribution in [3.8, 4) is 0 Å². The molecular weight excluding hydrogens is 306 g/mol. The van der Waals surface area contributed by atoms with Crippen molar-refractivity contribution in [1.29, 1.82) is 0 Å². The van der Waals surface area contributed by atoms with E-state index in [4.69, 9.17) is 9.26 Å². The van der Waals surface area contributed by atoms with E-state index in [0.29, 0.717) is 12.5 Å². The molecule has 2 fully saturated rings. The molecule has 2 saturated heterocycles. The van der Waals surface area contributed by atoms with Gasteiger partial charge in [-0.05, 0) is 39.5 Å². The zero-order chi connectivity index (χ0) is 16.9. The van der Waals surface area contributed by atoms with Crippen LogP contribution in [0.4, 0.5) is 0 Å². The number of aromatic nitrogens is 1. The SMILES string of the molecule is Cc1noc(C)c1CCC(=O)N1CCCCC1CN1CCOCC1. The van der Waals surface area contributed by atoms with Gasteiger partial charge in [-0.2, -0.15) is 0 Å². The number of carbonyl (C=O) groups excluding carboxylic acids is 1. The Morgan fingerprint density at radius 1 is 1.21 bits per heavy atom. The molecule has 2 aliphatic heterocycles. The summed E-state index contributed by atoms with van der Waals surface area (Å²) in [5.74, 6) is 1.11. The third-order valence-corrected chi connectivity index (χ3v) is 5.29. The predicted octanol–water partition coefficient (Wildman–Crippen LogP) is 1.94. The number of ether oxygens (including phenoxy) is 1. The fourth-order valence-electron chi connectivity index (χ4n) is 3.83. The molecule has 134 valence electrons. The summed E-state index contributed by atoms with van der Waals surface area (Å²) >= 11 is 0. The summed E-state index contributed by atoms with van der Waals surface area (Å²) in [6, 6.07) is 0.356. The highest BCUT2D eigenvalue weighted by Crippen LogP contribution is 2.21. The van der Waals surface area contributed by atoms with Gasteiger partial charge < -0.3 is 14.2 Å². The topological polar surface area (TPSA) is 58.8 Å². The van der Waals surface area contributed by atoms with Crippen LogP contribution in [0.2, 0.25) is 0 Å². The summed E-state index contributed by atoms with van der Waals surface area (Å²) in [6.45, 7) is 9.34. The summed E-state index contributed by atoms with van der Waals surface area (Å²) in [7, 11) is 0. The first-order valence-electron chi connectivity index (χ1n) is 9.16. The smallest absolute Gasteiger partial charge is 0.223 e. The number of aryl methyl sites for hydroxylation is 2. The van der Waals surface area contributed by atoms with Crippen LogP contribution in [0.3, 0.4) is 0 Å². The van der Waals surface area contributed by atoms with E-state index in [0.717, 1.165) is 75.7 Å². The van der Waals surface area contributed by atoms with Gasteiger partial charge in [0, 0.05) is 44.2 Å². The molecule has 0 N–H and O–H groups in total. The zero-order valence-electron chi connectivity index (χ0n) is 14.9. The number of hydrogen-bond donors (Lipinski definition) is 0. The van der Waals surface area contributed by atoms with E-state index in [2.05, 4.69) is 15.0 Å². The second-order valence-electron chi connectivity index (χ2n) is 6.95. The Bertz CT molecular complexity index is 532. The molecule has 0 bridgehead atoms. The second-order valence-corrected chi connectivity index (χ2v) is 6.95. The summed E-state index contributed by atoms with van der Waals surface area (Å²) in [5, 5.41) is 3.98. The van der Waals surface area contributed by atoms with Crippen LogP contribution in [-0.4, -0.2) is 66.3 Å².